The molecule has 1 aromatic heterocycles. The van der Waals surface area contributed by atoms with E-state index in [0.717, 1.165) is 42.6 Å². The molecule has 0 spiro atoms. The standard InChI is InChI=1S/C22H28N6O/c1-3-21-27-26-17-28(21)13-12-24-22(23-2)25-15-18-8-7-9-19(14-18)16-29-20-10-5-4-6-11-20/h4-11,14,17H,3,12-13,15-16H2,1-2H3,(H2,23,24,25). The van der Waals surface area contributed by atoms with Crippen LogP contribution in [0.5, 0.6) is 5.75 Å². The lowest BCUT2D eigenvalue weighted by molar-refractivity contribution is 0.306. The lowest BCUT2D eigenvalue weighted by Gasteiger charge is -2.13. The Labute approximate surface area is 171 Å². The summed E-state index contributed by atoms with van der Waals surface area (Å²) in [6, 6.07) is 18.2. The maximum atomic E-state index is 5.83. The molecule has 2 aromatic carbocycles. The highest BCUT2D eigenvalue weighted by Crippen LogP contribution is 2.12. The molecule has 0 aliphatic rings. The van der Waals surface area contributed by atoms with Crippen molar-refractivity contribution in [2.75, 3.05) is 13.6 Å². The first kappa shape index (κ1) is 20.4. The van der Waals surface area contributed by atoms with E-state index in [4.69, 9.17) is 4.74 Å². The molecule has 3 aromatic rings. The van der Waals surface area contributed by atoms with Crippen LogP contribution in [-0.4, -0.2) is 34.3 Å². The second kappa shape index (κ2) is 10.8. The molecule has 0 atom stereocenters. The van der Waals surface area contributed by atoms with Crippen LogP contribution in [0.2, 0.25) is 0 Å². The van der Waals surface area contributed by atoms with Crippen molar-refractivity contribution < 1.29 is 4.74 Å². The van der Waals surface area contributed by atoms with Crippen molar-refractivity contribution in [3.05, 3.63) is 77.9 Å². The fourth-order valence-corrected chi connectivity index (χ4v) is 2.95. The van der Waals surface area contributed by atoms with Gasteiger partial charge in [0, 0.05) is 33.1 Å². The van der Waals surface area contributed by atoms with Gasteiger partial charge in [0.25, 0.3) is 0 Å². The van der Waals surface area contributed by atoms with Gasteiger partial charge in [0.05, 0.1) is 0 Å². The molecule has 2 N–H and O–H groups in total. The van der Waals surface area contributed by atoms with E-state index >= 15 is 0 Å². The highest BCUT2D eigenvalue weighted by atomic mass is 16.5. The van der Waals surface area contributed by atoms with Gasteiger partial charge in [-0.05, 0) is 23.3 Å². The predicted molar refractivity (Wildman–Crippen MR) is 115 cm³/mol. The molecule has 7 nitrogen and oxygen atoms in total. The average molecular weight is 393 g/mol. The van der Waals surface area contributed by atoms with Crippen LogP contribution in [0.4, 0.5) is 0 Å². The lowest BCUT2D eigenvalue weighted by atomic mass is 10.1. The average Bonchev–Trinajstić information content (AvgIpc) is 3.23. The van der Waals surface area contributed by atoms with Crippen molar-refractivity contribution in [3.63, 3.8) is 0 Å². The van der Waals surface area contributed by atoms with Crippen LogP contribution in [0.1, 0.15) is 23.9 Å². The zero-order chi connectivity index (χ0) is 20.3. The Morgan fingerprint density at radius 3 is 2.69 bits per heavy atom. The summed E-state index contributed by atoms with van der Waals surface area (Å²) in [7, 11) is 1.77. The molecule has 0 amide bonds. The maximum Gasteiger partial charge on any atom is 0.191 e. The summed E-state index contributed by atoms with van der Waals surface area (Å²) in [6.07, 6.45) is 2.64. The number of nitrogens with one attached hydrogen (secondary N) is 2. The molecule has 152 valence electrons. The topological polar surface area (TPSA) is 76.4 Å². The van der Waals surface area contributed by atoms with Gasteiger partial charge >= 0.3 is 0 Å². The number of para-hydroxylation sites is 1. The first-order valence-electron chi connectivity index (χ1n) is 9.85. The molecule has 1 heterocycles. The van der Waals surface area contributed by atoms with Crippen LogP contribution in [0.25, 0.3) is 0 Å². The lowest BCUT2D eigenvalue weighted by Crippen LogP contribution is -2.38. The minimum absolute atomic E-state index is 0.545. The van der Waals surface area contributed by atoms with Crippen LogP contribution in [0.15, 0.2) is 65.9 Å². The molecule has 29 heavy (non-hydrogen) atoms. The maximum absolute atomic E-state index is 5.83. The van der Waals surface area contributed by atoms with Gasteiger partial charge in [0.15, 0.2) is 5.96 Å². The highest BCUT2D eigenvalue weighted by molar-refractivity contribution is 5.79. The van der Waals surface area contributed by atoms with Gasteiger partial charge < -0.3 is 19.9 Å². The van der Waals surface area contributed by atoms with E-state index in [1.807, 2.05) is 30.3 Å². The smallest absolute Gasteiger partial charge is 0.191 e. The van der Waals surface area contributed by atoms with Crippen LogP contribution >= 0.6 is 0 Å². The molecule has 0 saturated heterocycles. The monoisotopic (exact) mass is 392 g/mol. The Morgan fingerprint density at radius 1 is 1.07 bits per heavy atom. The fraction of sp³-hybridized carbons (Fsp3) is 0.318. The minimum atomic E-state index is 0.545. The Balaban J connectivity index is 1.45. The third kappa shape index (κ3) is 6.34. The van der Waals surface area contributed by atoms with Crippen molar-refractivity contribution >= 4 is 5.96 Å². The number of ether oxygens (including phenoxy) is 1. The number of benzene rings is 2. The zero-order valence-corrected chi connectivity index (χ0v) is 17.0. The summed E-state index contributed by atoms with van der Waals surface area (Å²) in [5.41, 5.74) is 2.31. The Bertz CT molecular complexity index is 906. The number of aryl methyl sites for hydroxylation is 1. The normalized spacial score (nSPS) is 11.3. The van der Waals surface area contributed by atoms with Crippen molar-refractivity contribution in [2.24, 2.45) is 4.99 Å². The van der Waals surface area contributed by atoms with Crippen molar-refractivity contribution in [2.45, 2.75) is 33.0 Å². The van der Waals surface area contributed by atoms with Gasteiger partial charge in [-0.3, -0.25) is 4.99 Å². The summed E-state index contributed by atoms with van der Waals surface area (Å²) >= 11 is 0. The second-order valence-corrected chi connectivity index (χ2v) is 6.57. The minimum Gasteiger partial charge on any atom is -0.489 e. The zero-order valence-electron chi connectivity index (χ0n) is 17.0. The summed E-state index contributed by atoms with van der Waals surface area (Å²) in [5.74, 6) is 2.63. The fourth-order valence-electron chi connectivity index (χ4n) is 2.95. The van der Waals surface area contributed by atoms with E-state index in [0.29, 0.717) is 13.2 Å². The predicted octanol–water partition coefficient (Wildman–Crippen LogP) is 2.78. The van der Waals surface area contributed by atoms with E-state index in [1.54, 1.807) is 13.4 Å². The number of hydrogen-bond donors (Lipinski definition) is 2. The molecular weight excluding hydrogens is 364 g/mol. The molecule has 0 saturated carbocycles. The quantitative estimate of drug-likeness (QED) is 0.433. The molecule has 3 rings (SSSR count). The van der Waals surface area contributed by atoms with Crippen LogP contribution in [0, 0.1) is 0 Å². The van der Waals surface area contributed by atoms with E-state index < -0.39 is 0 Å². The molecule has 0 unspecified atom stereocenters. The Kier molecular flexibility index (Phi) is 7.63. The van der Waals surface area contributed by atoms with Crippen LogP contribution in [0.3, 0.4) is 0 Å². The van der Waals surface area contributed by atoms with Gasteiger partial charge in [-0.25, -0.2) is 0 Å². The van der Waals surface area contributed by atoms with E-state index in [1.165, 1.54) is 5.56 Å². The molecule has 0 fully saturated rings. The van der Waals surface area contributed by atoms with Crippen molar-refractivity contribution in [1.29, 1.82) is 0 Å². The van der Waals surface area contributed by atoms with Gasteiger partial charge in [-0.1, -0.05) is 49.4 Å². The largest absolute Gasteiger partial charge is 0.489 e. The number of hydrogen-bond acceptors (Lipinski definition) is 4. The van der Waals surface area contributed by atoms with Gasteiger partial charge in [0.1, 0.15) is 24.5 Å². The van der Waals surface area contributed by atoms with Gasteiger partial charge in [0.2, 0.25) is 0 Å². The Hall–Kier alpha value is -3.35. The Morgan fingerprint density at radius 2 is 1.90 bits per heavy atom. The summed E-state index contributed by atoms with van der Waals surface area (Å²) in [6.45, 7) is 4.85. The van der Waals surface area contributed by atoms with Crippen LogP contribution < -0.4 is 15.4 Å². The number of guanidine groups is 1. The SMILES string of the molecule is CCc1nncn1CCNC(=NC)NCc1cccc(COc2ccccc2)c1. The van der Waals surface area contributed by atoms with Crippen LogP contribution in [-0.2, 0) is 26.1 Å². The molecule has 0 bridgehead atoms. The van der Waals surface area contributed by atoms with Gasteiger partial charge in [-0.15, -0.1) is 10.2 Å². The molecule has 7 heteroatoms. The van der Waals surface area contributed by atoms with Gasteiger partial charge in [-0.2, -0.15) is 0 Å². The van der Waals surface area contributed by atoms with E-state index in [9.17, 15) is 0 Å². The van der Waals surface area contributed by atoms with Crippen molar-refractivity contribution in [1.82, 2.24) is 25.4 Å². The third-order valence-corrected chi connectivity index (χ3v) is 4.48. The number of aliphatic imine (C=N–C) groups is 1. The number of rotatable bonds is 9. The highest BCUT2D eigenvalue weighted by Gasteiger charge is 2.03. The molecule has 0 radical (unpaired) electrons. The van der Waals surface area contributed by atoms with E-state index in [2.05, 4.69) is 61.6 Å². The molecule has 0 aliphatic heterocycles. The first-order chi connectivity index (χ1) is 14.3. The third-order valence-electron chi connectivity index (χ3n) is 4.48. The van der Waals surface area contributed by atoms with E-state index in [-0.39, 0.29) is 0 Å². The number of nitrogens with zero attached hydrogens (tertiary/aromatic N) is 4. The molecule has 0 aliphatic carbocycles. The molecular formula is C22H28N6O. The summed E-state index contributed by atoms with van der Waals surface area (Å²) < 4.78 is 7.88. The summed E-state index contributed by atoms with van der Waals surface area (Å²) in [4.78, 5) is 4.29. The summed E-state index contributed by atoms with van der Waals surface area (Å²) in [5, 5.41) is 14.7. The number of aromatic nitrogens is 3. The second-order valence-electron chi connectivity index (χ2n) is 6.57. The van der Waals surface area contributed by atoms with Crippen molar-refractivity contribution in [3.8, 4) is 5.75 Å². The first-order valence-corrected chi connectivity index (χ1v) is 9.85.